The van der Waals surface area contributed by atoms with Gasteiger partial charge < -0.3 is 20.1 Å². The third-order valence-corrected chi connectivity index (χ3v) is 4.00. The zero-order valence-electron chi connectivity index (χ0n) is 13.7. The molecule has 1 unspecified atom stereocenters. The first-order valence-corrected chi connectivity index (χ1v) is 7.82. The predicted molar refractivity (Wildman–Crippen MR) is 94.8 cm³/mol. The number of para-hydroxylation sites is 2. The minimum atomic E-state index is -0.786. The van der Waals surface area contributed by atoms with Gasteiger partial charge in [-0.1, -0.05) is 36.4 Å². The molecular formula is C19H18N2O4. The van der Waals surface area contributed by atoms with Gasteiger partial charge in [-0.05, 0) is 23.8 Å². The highest BCUT2D eigenvalue weighted by molar-refractivity contribution is 5.94. The summed E-state index contributed by atoms with van der Waals surface area (Å²) >= 11 is 0. The summed E-state index contributed by atoms with van der Waals surface area (Å²) in [5, 5.41) is 12.7. The van der Waals surface area contributed by atoms with Crippen LogP contribution in [0.25, 0.3) is 10.9 Å². The molecular weight excluding hydrogens is 320 g/mol. The van der Waals surface area contributed by atoms with Gasteiger partial charge in [0.1, 0.15) is 11.7 Å². The van der Waals surface area contributed by atoms with E-state index in [-0.39, 0.29) is 5.97 Å². The summed E-state index contributed by atoms with van der Waals surface area (Å²) in [4.78, 5) is 24.7. The van der Waals surface area contributed by atoms with Gasteiger partial charge in [-0.2, -0.15) is 0 Å². The predicted octanol–water partition coefficient (Wildman–Crippen LogP) is 3.06. The van der Waals surface area contributed by atoms with E-state index in [0.717, 1.165) is 22.2 Å². The molecule has 0 radical (unpaired) electrons. The summed E-state index contributed by atoms with van der Waals surface area (Å²) in [5.41, 5.74) is 3.47. The van der Waals surface area contributed by atoms with Crippen molar-refractivity contribution in [3.8, 4) is 0 Å². The Kier molecular flexibility index (Phi) is 4.70. The topological polar surface area (TPSA) is 91.4 Å². The molecule has 6 nitrogen and oxygen atoms in total. The lowest BCUT2D eigenvalue weighted by atomic mass is 10.1. The van der Waals surface area contributed by atoms with Crippen molar-refractivity contribution in [3.05, 3.63) is 65.9 Å². The van der Waals surface area contributed by atoms with Crippen LogP contribution in [0.4, 0.5) is 5.69 Å². The smallest absolute Gasteiger partial charge is 0.354 e. The van der Waals surface area contributed by atoms with E-state index in [4.69, 9.17) is 5.11 Å². The maximum Gasteiger partial charge on any atom is 0.354 e. The fourth-order valence-corrected chi connectivity index (χ4v) is 2.74. The van der Waals surface area contributed by atoms with Gasteiger partial charge in [0.2, 0.25) is 0 Å². The number of carboxylic acids is 1. The average Bonchev–Trinajstić information content (AvgIpc) is 3.25. The zero-order chi connectivity index (χ0) is 17.8. The van der Waals surface area contributed by atoms with Gasteiger partial charge in [0.15, 0.2) is 0 Å². The highest BCUT2D eigenvalue weighted by Crippen LogP contribution is 2.24. The van der Waals surface area contributed by atoms with Gasteiger partial charge in [-0.25, -0.2) is 9.59 Å². The molecule has 0 aliphatic carbocycles. The van der Waals surface area contributed by atoms with Gasteiger partial charge in [0.25, 0.3) is 0 Å². The molecule has 0 saturated heterocycles. The van der Waals surface area contributed by atoms with Crippen molar-refractivity contribution in [2.24, 2.45) is 0 Å². The zero-order valence-corrected chi connectivity index (χ0v) is 13.7. The third-order valence-electron chi connectivity index (χ3n) is 4.00. The molecule has 1 atom stereocenters. The van der Waals surface area contributed by atoms with Crippen LogP contribution in [-0.2, 0) is 16.0 Å². The van der Waals surface area contributed by atoms with Crippen molar-refractivity contribution >= 4 is 28.5 Å². The van der Waals surface area contributed by atoms with Crippen molar-refractivity contribution in [2.45, 2.75) is 12.5 Å². The molecule has 1 aromatic heterocycles. The first-order chi connectivity index (χ1) is 12.1. The number of ether oxygens (including phenoxy) is 1. The summed E-state index contributed by atoms with van der Waals surface area (Å²) in [7, 11) is 1.37. The van der Waals surface area contributed by atoms with E-state index < -0.39 is 12.0 Å². The van der Waals surface area contributed by atoms with Crippen LogP contribution in [0.2, 0.25) is 0 Å². The van der Waals surface area contributed by atoms with E-state index in [9.17, 15) is 9.59 Å². The number of fused-ring (bicyclic) bond motifs is 2. The lowest BCUT2D eigenvalue weighted by molar-refractivity contribution is -0.137. The number of anilines is 1. The highest BCUT2D eigenvalue weighted by Gasteiger charge is 2.25. The van der Waals surface area contributed by atoms with Gasteiger partial charge in [0, 0.05) is 23.0 Å². The molecule has 128 valence electrons. The molecule has 0 spiro atoms. The second kappa shape index (κ2) is 7.09. The van der Waals surface area contributed by atoms with Gasteiger partial charge in [-0.15, -0.1) is 0 Å². The summed E-state index contributed by atoms with van der Waals surface area (Å²) in [6, 6.07) is 16.7. The molecule has 6 heteroatoms. The Bertz CT molecular complexity index is 858. The highest BCUT2D eigenvalue weighted by atomic mass is 16.5. The first kappa shape index (κ1) is 16.6. The Morgan fingerprint density at radius 1 is 1.12 bits per heavy atom. The molecule has 0 bridgehead atoms. The normalized spacial score (nSPS) is 14.8. The summed E-state index contributed by atoms with van der Waals surface area (Å²) < 4.78 is 4.60. The van der Waals surface area contributed by atoms with Crippen LogP contribution in [0.5, 0.6) is 0 Å². The monoisotopic (exact) mass is 338 g/mol. The number of hydrogen-bond donors (Lipinski definition) is 3. The Balaban J connectivity index is 0.000000146. The van der Waals surface area contributed by atoms with E-state index in [1.807, 2.05) is 48.5 Å². The number of methoxy groups -OCH3 is 1. The maximum absolute atomic E-state index is 11.1. The van der Waals surface area contributed by atoms with Gasteiger partial charge >= 0.3 is 11.9 Å². The SMILES string of the molecule is COC(=O)c1cc2ccccc2[nH]1.O=C(O)C1Cc2ccccc2N1. The van der Waals surface area contributed by atoms with Crippen LogP contribution < -0.4 is 5.32 Å². The maximum atomic E-state index is 11.1. The van der Waals surface area contributed by atoms with Crippen molar-refractivity contribution in [2.75, 3.05) is 12.4 Å². The van der Waals surface area contributed by atoms with Gasteiger partial charge in [-0.3, -0.25) is 0 Å². The van der Waals surface area contributed by atoms with E-state index >= 15 is 0 Å². The fourth-order valence-electron chi connectivity index (χ4n) is 2.74. The number of hydrogen-bond acceptors (Lipinski definition) is 4. The minimum absolute atomic E-state index is 0.337. The number of aromatic nitrogens is 1. The molecule has 1 aliphatic rings. The number of carboxylic acid groups (broad SMARTS) is 1. The fraction of sp³-hybridized carbons (Fsp3) is 0.158. The number of benzene rings is 2. The molecule has 2 heterocycles. The Hall–Kier alpha value is -3.28. The minimum Gasteiger partial charge on any atom is -0.480 e. The first-order valence-electron chi connectivity index (χ1n) is 7.82. The number of rotatable bonds is 2. The number of esters is 1. The second-order valence-electron chi connectivity index (χ2n) is 5.66. The van der Waals surface area contributed by atoms with Crippen LogP contribution in [0.15, 0.2) is 54.6 Å². The van der Waals surface area contributed by atoms with Crippen LogP contribution in [-0.4, -0.2) is 35.2 Å². The average molecular weight is 338 g/mol. The summed E-state index contributed by atoms with van der Waals surface area (Å²) in [5.74, 6) is -1.12. The number of nitrogens with one attached hydrogen (secondary N) is 2. The van der Waals surface area contributed by atoms with Crippen LogP contribution in [0.1, 0.15) is 16.1 Å². The van der Waals surface area contributed by atoms with Crippen molar-refractivity contribution in [1.29, 1.82) is 0 Å². The van der Waals surface area contributed by atoms with Crippen LogP contribution >= 0.6 is 0 Å². The largest absolute Gasteiger partial charge is 0.480 e. The van der Waals surface area contributed by atoms with E-state index in [2.05, 4.69) is 15.0 Å². The standard InChI is InChI=1S/C10H9NO2.C9H9NO2/c1-13-10(12)9-6-7-4-2-3-5-8(7)11-9;11-9(12)8-5-6-3-1-2-4-7(6)10-8/h2-6,11H,1H3;1-4,8,10H,5H2,(H,11,12). The molecule has 0 amide bonds. The lowest BCUT2D eigenvalue weighted by Gasteiger charge is -2.02. The Labute approximate surface area is 144 Å². The van der Waals surface area contributed by atoms with E-state index in [1.54, 1.807) is 6.07 Å². The lowest BCUT2D eigenvalue weighted by Crippen LogP contribution is -2.26. The van der Waals surface area contributed by atoms with Crippen molar-refractivity contribution < 1.29 is 19.4 Å². The number of aromatic amines is 1. The number of carbonyl (C=O) groups excluding carboxylic acids is 1. The summed E-state index contributed by atoms with van der Waals surface area (Å²) in [6.07, 6.45) is 0.589. The molecule has 25 heavy (non-hydrogen) atoms. The quantitative estimate of drug-likeness (QED) is 0.625. The molecule has 4 rings (SSSR count). The molecule has 0 saturated carbocycles. The molecule has 3 N–H and O–H groups in total. The summed E-state index contributed by atoms with van der Waals surface area (Å²) in [6.45, 7) is 0. The van der Waals surface area contributed by atoms with Crippen molar-refractivity contribution in [3.63, 3.8) is 0 Å². The van der Waals surface area contributed by atoms with Crippen LogP contribution in [0.3, 0.4) is 0 Å². The second-order valence-corrected chi connectivity index (χ2v) is 5.66. The van der Waals surface area contributed by atoms with E-state index in [1.165, 1.54) is 7.11 Å². The Morgan fingerprint density at radius 3 is 2.52 bits per heavy atom. The molecule has 3 aromatic rings. The Morgan fingerprint density at radius 2 is 1.84 bits per heavy atom. The molecule has 1 aliphatic heterocycles. The number of aliphatic carboxylic acids is 1. The van der Waals surface area contributed by atoms with E-state index in [0.29, 0.717) is 12.1 Å². The van der Waals surface area contributed by atoms with Gasteiger partial charge in [0.05, 0.1) is 7.11 Å². The third kappa shape index (κ3) is 3.63. The number of H-pyrrole nitrogens is 1. The van der Waals surface area contributed by atoms with Crippen LogP contribution in [0, 0.1) is 0 Å². The molecule has 0 fully saturated rings. The molecule has 2 aromatic carbocycles. The van der Waals surface area contributed by atoms with Crippen molar-refractivity contribution in [1.82, 2.24) is 4.98 Å². The number of carbonyl (C=O) groups is 2.